The third-order valence-electron chi connectivity index (χ3n) is 8.85. The SMILES string of the molecule is [2H]C([2H])([2H])c1c[c-]c(-c2ccc(C([2H])([2H])C(C)(C)C)cn2)cc1-c1ccccc1.[2H]C([2H])([2H])c1ccc2c(n1)oc1c(-c3cc(Cc4ccc(C([2H])([2H])C(C)(C)C)cc4)ccn3)[c-]ccc12.[Ir]. The van der Waals surface area contributed by atoms with Gasteiger partial charge in [-0.25, -0.2) is 4.98 Å². The standard InChI is InChI=1S/C29H27N2O.C23H24N.Ir/c1-19-8-13-24-23-6-5-7-25(27(23)32-28(24)31-19)26-17-22(14-15-30-26)16-20-9-11-21(12-10-20)18-29(2,3)4;1-17-10-12-20(14-21(17)19-8-6-5-7-9-19)22-13-11-18(16-24-22)15-23(2,3)4;/h5-6,8-15,17H,16,18H2,1-4H3;5-11,13-14,16H,15H2,1-4H3;/q2*-1;/i1D3,18D2;1D3,15D2;. The van der Waals surface area contributed by atoms with E-state index in [0.717, 1.165) is 27.5 Å². The minimum atomic E-state index is -2.31. The quantitative estimate of drug-likeness (QED) is 0.149. The van der Waals surface area contributed by atoms with Crippen molar-refractivity contribution >= 4 is 22.1 Å². The summed E-state index contributed by atoms with van der Waals surface area (Å²) in [5, 5.41) is 1.56. The molecule has 0 aliphatic rings. The van der Waals surface area contributed by atoms with Crippen LogP contribution in [0.5, 0.6) is 0 Å². The Morgan fingerprint density at radius 3 is 2.12 bits per heavy atom. The molecule has 4 nitrogen and oxygen atoms in total. The molecule has 5 heteroatoms. The summed E-state index contributed by atoms with van der Waals surface area (Å²) in [5.41, 5.74) is 7.38. The van der Waals surface area contributed by atoms with Crippen LogP contribution in [0.25, 0.3) is 55.7 Å². The Morgan fingerprint density at radius 1 is 0.684 bits per heavy atom. The number of aryl methyl sites for hydroxylation is 2. The number of rotatable bonds is 7. The molecule has 8 aromatic rings. The van der Waals surface area contributed by atoms with E-state index in [-0.39, 0.29) is 37.1 Å². The zero-order chi connectivity index (χ0) is 48.0. The summed E-state index contributed by atoms with van der Waals surface area (Å²) in [7, 11) is 0. The van der Waals surface area contributed by atoms with Gasteiger partial charge in [0.05, 0.1) is 5.58 Å². The summed E-state index contributed by atoms with van der Waals surface area (Å²) < 4.78 is 86.3. The molecule has 291 valence electrons. The van der Waals surface area contributed by atoms with Crippen LogP contribution in [0, 0.1) is 36.7 Å². The molecule has 0 saturated carbocycles. The van der Waals surface area contributed by atoms with Crippen LogP contribution in [0.2, 0.25) is 0 Å². The number of benzene rings is 4. The largest absolute Gasteiger partial charge is 0.486 e. The first kappa shape index (κ1) is 29.9. The number of aromatic nitrogens is 3. The molecule has 0 N–H and O–H groups in total. The molecule has 0 amide bonds. The number of pyridine rings is 3. The molecule has 4 heterocycles. The summed E-state index contributed by atoms with van der Waals surface area (Å²) in [6.45, 7) is 6.72. The summed E-state index contributed by atoms with van der Waals surface area (Å²) in [4.78, 5) is 13.2. The van der Waals surface area contributed by atoms with Crippen LogP contribution in [-0.4, -0.2) is 15.0 Å². The minimum Gasteiger partial charge on any atom is -0.486 e. The first-order valence-electron chi connectivity index (χ1n) is 23.6. The average Bonchev–Trinajstić information content (AvgIpc) is 3.64. The molecule has 8 rings (SSSR count). The van der Waals surface area contributed by atoms with Crippen LogP contribution in [0.4, 0.5) is 0 Å². The van der Waals surface area contributed by atoms with Crippen LogP contribution in [0.15, 0.2) is 132 Å². The Balaban J connectivity index is 0.000000224. The van der Waals surface area contributed by atoms with E-state index in [1.165, 1.54) is 12.1 Å². The van der Waals surface area contributed by atoms with Gasteiger partial charge in [0.25, 0.3) is 0 Å². The van der Waals surface area contributed by atoms with Gasteiger partial charge < -0.3 is 14.4 Å². The molecule has 0 bridgehead atoms. The van der Waals surface area contributed by atoms with Gasteiger partial charge in [0.15, 0.2) is 0 Å². The normalized spacial score (nSPS) is 15.1. The average molecular weight is 936 g/mol. The molecular formula is C52H51IrN3O-2. The third kappa shape index (κ3) is 10.6. The van der Waals surface area contributed by atoms with Gasteiger partial charge in [-0.15, -0.1) is 47.5 Å². The van der Waals surface area contributed by atoms with Gasteiger partial charge in [0.2, 0.25) is 5.71 Å². The third-order valence-corrected chi connectivity index (χ3v) is 8.85. The Bertz CT molecular complexity index is 2990. The molecular weight excluding hydrogens is 875 g/mol. The van der Waals surface area contributed by atoms with E-state index in [4.69, 9.17) is 18.1 Å². The molecule has 4 aromatic heterocycles. The molecule has 0 aliphatic heterocycles. The van der Waals surface area contributed by atoms with Gasteiger partial charge in [-0.2, -0.15) is 0 Å². The number of hydrogen-bond donors (Lipinski definition) is 0. The van der Waals surface area contributed by atoms with Crippen molar-refractivity contribution in [2.75, 3.05) is 0 Å². The van der Waals surface area contributed by atoms with Gasteiger partial charge >= 0.3 is 0 Å². The Morgan fingerprint density at radius 2 is 1.42 bits per heavy atom. The Hall–Kier alpha value is -5.22. The second kappa shape index (κ2) is 17.5. The minimum absolute atomic E-state index is 0. The smallest absolute Gasteiger partial charge is 0.216 e. The monoisotopic (exact) mass is 936 g/mol. The predicted octanol–water partition coefficient (Wildman–Crippen LogP) is 13.4. The predicted molar refractivity (Wildman–Crippen MR) is 233 cm³/mol. The molecule has 0 fully saturated rings. The maximum atomic E-state index is 8.50. The van der Waals surface area contributed by atoms with Crippen molar-refractivity contribution in [1.82, 2.24) is 15.0 Å². The summed E-state index contributed by atoms with van der Waals surface area (Å²) >= 11 is 0. The first-order chi connectivity index (χ1) is 30.8. The van der Waals surface area contributed by atoms with E-state index < -0.39 is 37.3 Å². The molecule has 1 radical (unpaired) electrons. The topological polar surface area (TPSA) is 51.8 Å². The van der Waals surface area contributed by atoms with E-state index in [0.29, 0.717) is 51.2 Å². The number of fused-ring (bicyclic) bond motifs is 3. The van der Waals surface area contributed by atoms with Crippen LogP contribution in [0.3, 0.4) is 0 Å². The first-order valence-corrected chi connectivity index (χ1v) is 18.6. The van der Waals surface area contributed by atoms with Crippen molar-refractivity contribution < 1.29 is 38.2 Å². The zero-order valence-electron chi connectivity index (χ0n) is 42.9. The molecule has 4 aromatic carbocycles. The van der Waals surface area contributed by atoms with E-state index in [2.05, 4.69) is 27.1 Å². The van der Waals surface area contributed by atoms with Crippen molar-refractivity contribution in [2.24, 2.45) is 10.8 Å². The van der Waals surface area contributed by atoms with E-state index in [1.54, 1.807) is 42.7 Å². The van der Waals surface area contributed by atoms with Crippen LogP contribution in [0.1, 0.15) is 88.8 Å². The summed E-state index contributed by atoms with van der Waals surface area (Å²) in [5.74, 6) is 0. The van der Waals surface area contributed by atoms with E-state index in [9.17, 15) is 0 Å². The van der Waals surface area contributed by atoms with Crippen LogP contribution >= 0.6 is 0 Å². The van der Waals surface area contributed by atoms with Crippen molar-refractivity contribution in [1.29, 1.82) is 0 Å². The van der Waals surface area contributed by atoms with Gasteiger partial charge in [-0.1, -0.05) is 138 Å². The van der Waals surface area contributed by atoms with Crippen molar-refractivity contribution in [2.45, 2.75) is 74.4 Å². The number of nitrogens with zero attached hydrogens (tertiary/aromatic N) is 3. The van der Waals surface area contributed by atoms with Gasteiger partial charge in [0, 0.05) is 57.3 Å². The fourth-order valence-electron chi connectivity index (χ4n) is 6.46. The zero-order valence-corrected chi connectivity index (χ0v) is 35.3. The molecule has 0 saturated heterocycles. The fraction of sp³-hybridized carbons (Fsp3) is 0.250. The van der Waals surface area contributed by atoms with Crippen LogP contribution in [-0.2, 0) is 39.3 Å². The van der Waals surface area contributed by atoms with Gasteiger partial charge in [-0.05, 0) is 94.3 Å². The van der Waals surface area contributed by atoms with Crippen molar-refractivity contribution in [3.05, 3.63) is 173 Å². The molecule has 0 aliphatic carbocycles. The van der Waals surface area contributed by atoms with E-state index in [1.807, 2.05) is 114 Å². The summed E-state index contributed by atoms with van der Waals surface area (Å²) in [6, 6.07) is 41.0. The van der Waals surface area contributed by atoms with Gasteiger partial charge in [0.1, 0.15) is 0 Å². The summed E-state index contributed by atoms with van der Waals surface area (Å²) in [6.07, 6.45) is 0.998. The van der Waals surface area contributed by atoms with Gasteiger partial charge in [-0.3, -0.25) is 0 Å². The molecule has 0 atom stereocenters. The molecule has 57 heavy (non-hydrogen) atoms. The second-order valence-corrected chi connectivity index (χ2v) is 15.9. The fourth-order valence-corrected chi connectivity index (χ4v) is 6.46. The Kier molecular flexibility index (Phi) is 9.20. The number of furan rings is 1. The maximum Gasteiger partial charge on any atom is 0.216 e. The second-order valence-electron chi connectivity index (χ2n) is 15.9. The molecule has 0 spiro atoms. The van der Waals surface area contributed by atoms with Crippen LogP contribution < -0.4 is 0 Å². The van der Waals surface area contributed by atoms with Crippen molar-refractivity contribution in [3.63, 3.8) is 0 Å². The van der Waals surface area contributed by atoms with Crippen molar-refractivity contribution in [3.8, 4) is 33.6 Å². The molecule has 0 unspecified atom stereocenters. The Labute approximate surface area is 366 Å². The van der Waals surface area contributed by atoms with E-state index >= 15 is 0 Å². The number of hydrogen-bond acceptors (Lipinski definition) is 4. The maximum absolute atomic E-state index is 8.50.